The van der Waals surface area contributed by atoms with Gasteiger partial charge in [-0.2, -0.15) is 4.89 Å². The molecule has 1 aromatic rings. The molecule has 2 atom stereocenters. The second-order valence-corrected chi connectivity index (χ2v) is 4.73. The minimum atomic E-state index is -0.413. The third-order valence-corrected chi connectivity index (χ3v) is 3.16. The molecule has 0 radical (unpaired) electrons. The summed E-state index contributed by atoms with van der Waals surface area (Å²) >= 11 is 0. The average molecular weight is 234 g/mol. The Balaban J connectivity index is 1.80. The van der Waals surface area contributed by atoms with Gasteiger partial charge in [-0.15, -0.1) is 0 Å². The standard InChI is InChI=1S/C14H18O3/c1-11-6-5-9-13(10-11)16-17-14(15)12-7-3-2-4-8-12/h2-4,7-8,11,13H,5-6,9-10H2,1H3. The molecule has 0 aromatic heterocycles. The first-order valence-electron chi connectivity index (χ1n) is 6.18. The smallest absolute Gasteiger partial charge is 0.293 e. The van der Waals surface area contributed by atoms with Gasteiger partial charge in [0.05, 0.1) is 5.56 Å². The molecule has 1 fully saturated rings. The Morgan fingerprint density at radius 1 is 1.24 bits per heavy atom. The van der Waals surface area contributed by atoms with E-state index in [0.29, 0.717) is 11.5 Å². The molecule has 1 aromatic carbocycles. The highest BCUT2D eigenvalue weighted by atomic mass is 17.2. The van der Waals surface area contributed by atoms with Crippen LogP contribution in [-0.2, 0) is 9.78 Å². The molecule has 2 unspecified atom stereocenters. The van der Waals surface area contributed by atoms with Crippen molar-refractivity contribution in [2.75, 3.05) is 0 Å². The van der Waals surface area contributed by atoms with Crippen LogP contribution < -0.4 is 0 Å². The first kappa shape index (κ1) is 12.1. The van der Waals surface area contributed by atoms with E-state index in [1.807, 2.05) is 6.07 Å². The Hall–Kier alpha value is -1.35. The molecule has 1 aliphatic carbocycles. The summed E-state index contributed by atoms with van der Waals surface area (Å²) in [6, 6.07) is 8.91. The Labute approximate surface area is 102 Å². The van der Waals surface area contributed by atoms with Crippen LogP contribution in [0.5, 0.6) is 0 Å². The molecule has 92 valence electrons. The fourth-order valence-electron chi connectivity index (χ4n) is 2.20. The Morgan fingerprint density at radius 3 is 2.71 bits per heavy atom. The predicted octanol–water partition coefficient (Wildman–Crippen LogP) is 3.35. The highest BCUT2D eigenvalue weighted by molar-refractivity contribution is 5.88. The predicted molar refractivity (Wildman–Crippen MR) is 64.4 cm³/mol. The first-order chi connectivity index (χ1) is 8.25. The summed E-state index contributed by atoms with van der Waals surface area (Å²) in [6.07, 6.45) is 4.40. The molecule has 17 heavy (non-hydrogen) atoms. The Kier molecular flexibility index (Phi) is 4.15. The topological polar surface area (TPSA) is 35.5 Å². The van der Waals surface area contributed by atoms with Crippen LogP contribution in [0.3, 0.4) is 0 Å². The zero-order chi connectivity index (χ0) is 12.1. The second kappa shape index (κ2) is 5.82. The van der Waals surface area contributed by atoms with Gasteiger partial charge in [-0.3, -0.25) is 4.89 Å². The zero-order valence-corrected chi connectivity index (χ0v) is 10.1. The molecule has 0 spiro atoms. The second-order valence-electron chi connectivity index (χ2n) is 4.73. The van der Waals surface area contributed by atoms with E-state index >= 15 is 0 Å². The molecule has 0 aliphatic heterocycles. The minimum absolute atomic E-state index is 0.0615. The molecular weight excluding hydrogens is 216 g/mol. The van der Waals surface area contributed by atoms with E-state index in [4.69, 9.17) is 9.78 Å². The van der Waals surface area contributed by atoms with Crippen LogP contribution in [0.15, 0.2) is 30.3 Å². The zero-order valence-electron chi connectivity index (χ0n) is 10.1. The van der Waals surface area contributed by atoms with E-state index in [9.17, 15) is 4.79 Å². The van der Waals surface area contributed by atoms with E-state index in [1.165, 1.54) is 6.42 Å². The van der Waals surface area contributed by atoms with Crippen molar-refractivity contribution in [2.24, 2.45) is 5.92 Å². The van der Waals surface area contributed by atoms with Crippen LogP contribution >= 0.6 is 0 Å². The van der Waals surface area contributed by atoms with Gasteiger partial charge in [-0.25, -0.2) is 4.79 Å². The van der Waals surface area contributed by atoms with Gasteiger partial charge in [-0.1, -0.05) is 38.0 Å². The van der Waals surface area contributed by atoms with Crippen molar-refractivity contribution >= 4 is 5.97 Å². The fourth-order valence-corrected chi connectivity index (χ4v) is 2.20. The number of carbonyl (C=O) groups excluding carboxylic acids is 1. The summed E-state index contributed by atoms with van der Waals surface area (Å²) < 4.78 is 0. The number of rotatable bonds is 3. The van der Waals surface area contributed by atoms with Gasteiger partial charge in [0.25, 0.3) is 0 Å². The monoisotopic (exact) mass is 234 g/mol. The molecule has 0 heterocycles. The van der Waals surface area contributed by atoms with Crippen molar-refractivity contribution in [3.05, 3.63) is 35.9 Å². The molecule has 3 nitrogen and oxygen atoms in total. The maximum atomic E-state index is 11.6. The maximum Gasteiger partial charge on any atom is 0.373 e. The van der Waals surface area contributed by atoms with Crippen molar-refractivity contribution in [1.82, 2.24) is 0 Å². The van der Waals surface area contributed by atoms with Gasteiger partial charge >= 0.3 is 5.97 Å². The number of carbonyl (C=O) groups is 1. The van der Waals surface area contributed by atoms with E-state index < -0.39 is 5.97 Å². The average Bonchev–Trinajstić information content (AvgIpc) is 2.37. The van der Waals surface area contributed by atoms with E-state index in [0.717, 1.165) is 19.3 Å². The SMILES string of the molecule is CC1CCCC(OOC(=O)c2ccccc2)C1. The normalized spacial score (nSPS) is 24.3. The lowest BCUT2D eigenvalue weighted by Gasteiger charge is -2.24. The highest BCUT2D eigenvalue weighted by Gasteiger charge is 2.21. The molecule has 0 saturated heterocycles. The third kappa shape index (κ3) is 3.56. The van der Waals surface area contributed by atoms with Gasteiger partial charge in [0.2, 0.25) is 0 Å². The van der Waals surface area contributed by atoms with Gasteiger partial charge < -0.3 is 0 Å². The highest BCUT2D eigenvalue weighted by Crippen LogP contribution is 2.25. The molecule has 1 saturated carbocycles. The van der Waals surface area contributed by atoms with Gasteiger partial charge in [0.15, 0.2) is 0 Å². The Bertz CT molecular complexity index is 361. The summed E-state index contributed by atoms with van der Waals surface area (Å²) in [5.41, 5.74) is 0.524. The first-order valence-corrected chi connectivity index (χ1v) is 6.18. The van der Waals surface area contributed by atoms with Crippen molar-refractivity contribution < 1.29 is 14.6 Å². The van der Waals surface area contributed by atoms with Crippen LogP contribution in [0.25, 0.3) is 0 Å². The van der Waals surface area contributed by atoms with Crippen LogP contribution in [0, 0.1) is 5.92 Å². The number of hydrogen-bond donors (Lipinski definition) is 0. The van der Waals surface area contributed by atoms with Crippen molar-refractivity contribution in [2.45, 2.75) is 38.7 Å². The van der Waals surface area contributed by atoms with Crippen LogP contribution in [0.4, 0.5) is 0 Å². The molecule has 1 aliphatic rings. The van der Waals surface area contributed by atoms with Crippen molar-refractivity contribution in [3.63, 3.8) is 0 Å². The summed E-state index contributed by atoms with van der Waals surface area (Å²) in [7, 11) is 0. The van der Waals surface area contributed by atoms with E-state index in [1.54, 1.807) is 24.3 Å². The Morgan fingerprint density at radius 2 is 2.00 bits per heavy atom. The van der Waals surface area contributed by atoms with Gasteiger partial charge in [0, 0.05) is 0 Å². The van der Waals surface area contributed by atoms with Crippen molar-refractivity contribution in [1.29, 1.82) is 0 Å². The number of hydrogen-bond acceptors (Lipinski definition) is 3. The lowest BCUT2D eigenvalue weighted by atomic mass is 9.89. The van der Waals surface area contributed by atoms with Gasteiger partial charge in [-0.05, 0) is 30.9 Å². The molecule has 0 amide bonds. The lowest BCUT2D eigenvalue weighted by molar-refractivity contribution is -0.281. The molecule has 0 bridgehead atoms. The summed E-state index contributed by atoms with van der Waals surface area (Å²) in [6.45, 7) is 2.20. The fraction of sp³-hybridized carbons (Fsp3) is 0.500. The van der Waals surface area contributed by atoms with Crippen LogP contribution in [0.2, 0.25) is 0 Å². The van der Waals surface area contributed by atoms with Crippen LogP contribution in [0.1, 0.15) is 43.0 Å². The van der Waals surface area contributed by atoms with Gasteiger partial charge in [0.1, 0.15) is 6.10 Å². The largest absolute Gasteiger partial charge is 0.373 e. The summed E-state index contributed by atoms with van der Waals surface area (Å²) in [4.78, 5) is 21.7. The van der Waals surface area contributed by atoms with Crippen LogP contribution in [-0.4, -0.2) is 12.1 Å². The summed E-state index contributed by atoms with van der Waals surface area (Å²) in [5, 5.41) is 0. The lowest BCUT2D eigenvalue weighted by Crippen LogP contribution is -2.23. The number of benzene rings is 1. The molecule has 0 N–H and O–H groups in total. The molecule has 2 rings (SSSR count). The van der Waals surface area contributed by atoms with E-state index in [2.05, 4.69) is 6.92 Å². The quantitative estimate of drug-likeness (QED) is 0.594. The third-order valence-electron chi connectivity index (χ3n) is 3.16. The molecular formula is C14H18O3. The molecule has 3 heteroatoms. The van der Waals surface area contributed by atoms with Crippen molar-refractivity contribution in [3.8, 4) is 0 Å². The summed E-state index contributed by atoms with van der Waals surface area (Å²) in [5.74, 6) is 0.244. The maximum absolute atomic E-state index is 11.6. The minimum Gasteiger partial charge on any atom is -0.293 e. The van der Waals surface area contributed by atoms with E-state index in [-0.39, 0.29) is 6.10 Å².